The molecule has 52 heavy (non-hydrogen) atoms. The second-order valence-electron chi connectivity index (χ2n) is 13.4. The topological polar surface area (TPSA) is 52.0 Å². The van der Waals surface area contributed by atoms with E-state index in [2.05, 4.69) is 158 Å². The van der Waals surface area contributed by atoms with Crippen molar-refractivity contribution in [3.8, 4) is 22.3 Å². The number of nitrogens with two attached hydrogens (primary N) is 2. The van der Waals surface area contributed by atoms with Crippen LogP contribution in [0.3, 0.4) is 0 Å². The van der Waals surface area contributed by atoms with Gasteiger partial charge in [-0.3, -0.25) is 0 Å². The lowest BCUT2D eigenvalue weighted by atomic mass is 9.81. The fourth-order valence-electron chi connectivity index (χ4n) is 7.47. The molecule has 0 aliphatic heterocycles. The summed E-state index contributed by atoms with van der Waals surface area (Å²) < 4.78 is 0. The van der Waals surface area contributed by atoms with E-state index in [1.54, 1.807) is 0 Å². The van der Waals surface area contributed by atoms with E-state index in [0.29, 0.717) is 5.70 Å². The molecule has 4 N–H and O–H groups in total. The van der Waals surface area contributed by atoms with Crippen molar-refractivity contribution in [3.05, 3.63) is 246 Å². The summed E-state index contributed by atoms with van der Waals surface area (Å²) in [7, 11) is 0. The molecule has 0 radical (unpaired) electrons. The Morgan fingerprint density at radius 2 is 0.808 bits per heavy atom. The highest BCUT2D eigenvalue weighted by atomic mass is 14.7. The monoisotopic (exact) mass is 668 g/mol. The molecule has 0 saturated carbocycles. The average Bonchev–Trinajstić information content (AvgIpc) is 3.22. The van der Waals surface area contributed by atoms with E-state index >= 15 is 0 Å². The zero-order chi connectivity index (χ0) is 35.3. The van der Waals surface area contributed by atoms with Crippen LogP contribution in [0.4, 0.5) is 0 Å². The predicted octanol–water partition coefficient (Wildman–Crippen LogP) is 11.6. The molecule has 0 aromatic heterocycles. The van der Waals surface area contributed by atoms with Crippen molar-refractivity contribution in [2.75, 3.05) is 0 Å². The minimum Gasteiger partial charge on any atom is -0.398 e. The molecule has 0 aliphatic carbocycles. The van der Waals surface area contributed by atoms with E-state index < -0.39 is 5.54 Å². The van der Waals surface area contributed by atoms with Gasteiger partial charge in [0, 0.05) is 11.6 Å². The largest absolute Gasteiger partial charge is 0.398 e. The van der Waals surface area contributed by atoms with Gasteiger partial charge < -0.3 is 11.5 Å². The van der Waals surface area contributed by atoms with Crippen molar-refractivity contribution >= 4 is 16.5 Å². The van der Waals surface area contributed by atoms with Crippen molar-refractivity contribution in [2.45, 2.75) is 11.5 Å². The number of hydrogen-bond acceptors (Lipinski definition) is 2. The number of hydrogen-bond donors (Lipinski definition) is 2. The minimum atomic E-state index is -0.919. The molecule has 1 unspecified atom stereocenters. The molecular formula is C50H40N2. The van der Waals surface area contributed by atoms with E-state index in [-0.39, 0.29) is 5.92 Å². The maximum absolute atomic E-state index is 7.28. The zero-order valence-electron chi connectivity index (χ0n) is 28.9. The first kappa shape index (κ1) is 32.7. The van der Waals surface area contributed by atoms with Gasteiger partial charge in [0.2, 0.25) is 0 Å². The molecule has 0 heterocycles. The van der Waals surface area contributed by atoms with Gasteiger partial charge in [-0.2, -0.15) is 0 Å². The number of benzene rings is 8. The first-order valence-electron chi connectivity index (χ1n) is 17.8. The molecule has 250 valence electrons. The van der Waals surface area contributed by atoms with Crippen molar-refractivity contribution < 1.29 is 0 Å². The van der Waals surface area contributed by atoms with Crippen molar-refractivity contribution in [2.24, 2.45) is 11.5 Å². The summed E-state index contributed by atoms with van der Waals surface area (Å²) in [5.41, 5.74) is 25.1. The Hall–Kier alpha value is -6.48. The van der Waals surface area contributed by atoms with Crippen LogP contribution in [0.25, 0.3) is 38.7 Å². The fraction of sp³-hybridized carbons (Fsp3) is 0.0400. The maximum Gasteiger partial charge on any atom is 0.0875 e. The van der Waals surface area contributed by atoms with Crippen molar-refractivity contribution in [1.82, 2.24) is 0 Å². The third-order valence-corrected chi connectivity index (χ3v) is 10.2. The molecule has 8 aromatic carbocycles. The number of rotatable bonds is 9. The zero-order valence-corrected chi connectivity index (χ0v) is 28.9. The van der Waals surface area contributed by atoms with Gasteiger partial charge in [0.25, 0.3) is 0 Å². The second kappa shape index (κ2) is 14.4. The van der Waals surface area contributed by atoms with Crippen LogP contribution in [0, 0.1) is 0 Å². The molecule has 0 amide bonds. The van der Waals surface area contributed by atoms with E-state index in [9.17, 15) is 0 Å². The van der Waals surface area contributed by atoms with Crippen molar-refractivity contribution in [1.29, 1.82) is 0 Å². The van der Waals surface area contributed by atoms with Crippen LogP contribution in [-0.2, 0) is 5.54 Å². The molecule has 8 rings (SSSR count). The fourth-order valence-corrected chi connectivity index (χ4v) is 7.47. The quantitative estimate of drug-likeness (QED) is 0.150. The SMILES string of the molecule is N/C(=C\C(N)(c1ccccc1)c1ccc(-c2cccc3c(-c4ccc(C(c5ccccc5)c5ccccc5)cc4)cccc23)cc1)c1ccccc1. The summed E-state index contributed by atoms with van der Waals surface area (Å²) in [5.74, 6) is 0.165. The summed E-state index contributed by atoms with van der Waals surface area (Å²) in [6.07, 6.45) is 1.98. The Balaban J connectivity index is 1.14. The highest BCUT2D eigenvalue weighted by Gasteiger charge is 2.28. The van der Waals surface area contributed by atoms with E-state index in [1.807, 2.05) is 54.6 Å². The lowest BCUT2D eigenvalue weighted by Gasteiger charge is -2.28. The minimum absolute atomic E-state index is 0.165. The summed E-state index contributed by atoms with van der Waals surface area (Å²) in [5, 5.41) is 2.43. The number of fused-ring (bicyclic) bond motifs is 1. The molecule has 0 saturated heterocycles. The van der Waals surface area contributed by atoms with Crippen molar-refractivity contribution in [3.63, 3.8) is 0 Å². The Kier molecular flexibility index (Phi) is 9.06. The van der Waals surface area contributed by atoms with Crippen LogP contribution in [0.5, 0.6) is 0 Å². The normalized spacial score (nSPS) is 12.8. The van der Waals surface area contributed by atoms with E-state index in [0.717, 1.165) is 22.3 Å². The first-order valence-corrected chi connectivity index (χ1v) is 17.8. The van der Waals surface area contributed by atoms with Gasteiger partial charge in [-0.25, -0.2) is 0 Å². The van der Waals surface area contributed by atoms with Gasteiger partial charge in [-0.1, -0.05) is 206 Å². The maximum atomic E-state index is 7.28. The summed E-state index contributed by atoms with van der Waals surface area (Å²) in [6, 6.07) is 72.6. The summed E-state index contributed by atoms with van der Waals surface area (Å²) in [4.78, 5) is 0. The molecule has 8 aromatic rings. The van der Waals surface area contributed by atoms with Crippen LogP contribution in [0.15, 0.2) is 212 Å². The lowest BCUT2D eigenvalue weighted by molar-refractivity contribution is 0.682. The molecule has 0 aliphatic rings. The van der Waals surface area contributed by atoms with Gasteiger partial charge in [-0.05, 0) is 72.5 Å². The Bertz CT molecular complexity index is 2400. The van der Waals surface area contributed by atoms with Crippen LogP contribution in [-0.4, -0.2) is 0 Å². The third-order valence-electron chi connectivity index (χ3n) is 10.2. The average molecular weight is 669 g/mol. The van der Waals surface area contributed by atoms with Crippen LogP contribution < -0.4 is 11.5 Å². The Morgan fingerprint density at radius 1 is 0.404 bits per heavy atom. The summed E-state index contributed by atoms with van der Waals surface area (Å²) in [6.45, 7) is 0. The lowest BCUT2D eigenvalue weighted by Crippen LogP contribution is -2.36. The highest BCUT2D eigenvalue weighted by molar-refractivity contribution is 6.04. The standard InChI is InChI=1S/C50H40N2/c51-48(38-15-5-1-6-16-38)35-50(52,42-21-11-4-12-22-42)43-33-31-37(32-34-43)45-24-14-25-46-44(23-13-26-47(45)46)36-27-29-41(30-28-36)49(39-17-7-2-8-18-39)40-19-9-3-10-20-40/h1-35,49H,51-52H2/b48-35-. The van der Waals surface area contributed by atoms with Gasteiger partial charge in [0.15, 0.2) is 0 Å². The third kappa shape index (κ3) is 6.44. The van der Waals surface area contributed by atoms with Crippen LogP contribution in [0.2, 0.25) is 0 Å². The molecule has 0 bridgehead atoms. The van der Waals surface area contributed by atoms with Gasteiger partial charge >= 0.3 is 0 Å². The molecule has 0 fully saturated rings. The van der Waals surface area contributed by atoms with Crippen LogP contribution >= 0.6 is 0 Å². The molecule has 2 heteroatoms. The Labute approximate surface area is 306 Å². The van der Waals surface area contributed by atoms with E-state index in [1.165, 1.54) is 44.2 Å². The molecule has 2 nitrogen and oxygen atoms in total. The summed E-state index contributed by atoms with van der Waals surface area (Å²) >= 11 is 0. The van der Waals surface area contributed by atoms with Gasteiger partial charge in [0.1, 0.15) is 0 Å². The predicted molar refractivity (Wildman–Crippen MR) is 219 cm³/mol. The first-order chi connectivity index (χ1) is 25.6. The smallest absolute Gasteiger partial charge is 0.0875 e. The highest BCUT2D eigenvalue weighted by Crippen LogP contribution is 2.38. The molecule has 0 spiro atoms. The second-order valence-corrected chi connectivity index (χ2v) is 13.4. The van der Waals surface area contributed by atoms with Crippen LogP contribution in [0.1, 0.15) is 39.3 Å². The van der Waals surface area contributed by atoms with Gasteiger partial charge in [0.05, 0.1) is 5.54 Å². The molecule has 1 atom stereocenters. The van der Waals surface area contributed by atoms with E-state index in [4.69, 9.17) is 11.5 Å². The Morgan fingerprint density at radius 3 is 1.31 bits per heavy atom. The van der Waals surface area contributed by atoms with Gasteiger partial charge in [-0.15, -0.1) is 0 Å². The molecular weight excluding hydrogens is 629 g/mol.